The van der Waals surface area contributed by atoms with E-state index in [0.717, 1.165) is 6.42 Å². The van der Waals surface area contributed by atoms with Crippen LogP contribution in [0.2, 0.25) is 0 Å². The molecule has 76 valence electrons. The third-order valence-electron chi connectivity index (χ3n) is 3.97. The summed E-state index contributed by atoms with van der Waals surface area (Å²) in [6.07, 6.45) is 0.789. The number of piperidine rings is 1. The molecule has 1 aliphatic heterocycles. The van der Waals surface area contributed by atoms with Gasteiger partial charge in [0, 0.05) is 6.04 Å². The third-order valence-corrected chi connectivity index (χ3v) is 3.97. The number of amides is 2. The number of hydrogen-bond donors (Lipinski definition) is 1. The number of imide groups is 1. The van der Waals surface area contributed by atoms with Crippen LogP contribution >= 0.6 is 0 Å². The zero-order valence-corrected chi connectivity index (χ0v) is 8.36. The first kappa shape index (κ1) is 8.41. The van der Waals surface area contributed by atoms with E-state index in [1.807, 2.05) is 13.8 Å². The summed E-state index contributed by atoms with van der Waals surface area (Å²) in [5.74, 6) is -0.0727. The first-order valence-electron chi connectivity index (χ1n) is 5.08. The molecule has 2 amide bonds. The zero-order valence-electron chi connectivity index (χ0n) is 8.36. The fourth-order valence-corrected chi connectivity index (χ4v) is 2.79. The van der Waals surface area contributed by atoms with Gasteiger partial charge in [-0.2, -0.15) is 0 Å². The van der Waals surface area contributed by atoms with Crippen molar-refractivity contribution in [1.82, 2.24) is 4.90 Å². The molecule has 0 aromatic carbocycles. The van der Waals surface area contributed by atoms with E-state index < -0.39 is 0 Å². The number of rotatable bonds is 1. The van der Waals surface area contributed by atoms with E-state index >= 15 is 0 Å². The van der Waals surface area contributed by atoms with E-state index in [0.29, 0.717) is 0 Å². The van der Waals surface area contributed by atoms with Gasteiger partial charge in [-0.25, -0.2) is 0 Å². The maximum Gasteiger partial charge on any atom is 0.233 e. The number of nitrogens with zero attached hydrogens (tertiary/aromatic N) is 1. The number of carbonyl (C=O) groups is 2. The molecule has 1 heterocycles. The largest absolute Gasteiger partial charge is 0.326 e. The van der Waals surface area contributed by atoms with Gasteiger partial charge in [0.1, 0.15) is 0 Å². The highest BCUT2D eigenvalue weighted by molar-refractivity contribution is 6.10. The molecule has 1 saturated heterocycles. The average molecular weight is 194 g/mol. The Labute approximate surface area is 82.4 Å². The van der Waals surface area contributed by atoms with Crippen molar-refractivity contribution in [2.24, 2.45) is 23.0 Å². The Morgan fingerprint density at radius 2 is 1.71 bits per heavy atom. The standard InChI is InChI=1S/C10H14N2O2/c1-10(2)6-7(10)9(14)12(8(6)13)5-3-4(5)11/h4-7H,3,11H2,1-2H3. The molecule has 3 aliphatic rings. The molecule has 2 saturated carbocycles. The van der Waals surface area contributed by atoms with Crippen molar-refractivity contribution in [3.8, 4) is 0 Å². The number of carbonyl (C=O) groups excluding carboxylic acids is 2. The van der Waals surface area contributed by atoms with Gasteiger partial charge in [0.05, 0.1) is 17.9 Å². The maximum atomic E-state index is 11.8. The summed E-state index contributed by atoms with van der Waals surface area (Å²) < 4.78 is 0. The lowest BCUT2D eigenvalue weighted by Gasteiger charge is -2.20. The van der Waals surface area contributed by atoms with Crippen molar-refractivity contribution in [1.29, 1.82) is 0 Å². The van der Waals surface area contributed by atoms with Gasteiger partial charge >= 0.3 is 0 Å². The van der Waals surface area contributed by atoms with Crippen LogP contribution in [0.1, 0.15) is 20.3 Å². The van der Waals surface area contributed by atoms with Crippen molar-refractivity contribution >= 4 is 11.8 Å². The monoisotopic (exact) mass is 194 g/mol. The second-order valence-corrected chi connectivity index (χ2v) is 5.29. The molecule has 0 bridgehead atoms. The molecule has 14 heavy (non-hydrogen) atoms. The highest BCUT2D eigenvalue weighted by Crippen LogP contribution is 2.64. The topological polar surface area (TPSA) is 63.4 Å². The first-order chi connectivity index (χ1) is 6.46. The maximum absolute atomic E-state index is 11.8. The van der Waals surface area contributed by atoms with Crippen LogP contribution in [0.15, 0.2) is 0 Å². The Kier molecular flexibility index (Phi) is 1.22. The molecule has 4 heteroatoms. The zero-order chi connectivity index (χ0) is 10.2. The molecule has 0 radical (unpaired) electrons. The summed E-state index contributed by atoms with van der Waals surface area (Å²) in [5, 5.41) is 0. The van der Waals surface area contributed by atoms with Crippen LogP contribution < -0.4 is 5.73 Å². The third kappa shape index (κ3) is 0.741. The molecule has 4 unspecified atom stereocenters. The predicted octanol–water partition coefficient (Wildman–Crippen LogP) is -0.273. The van der Waals surface area contributed by atoms with E-state index in [1.54, 1.807) is 0 Å². The lowest BCUT2D eigenvalue weighted by atomic mass is 10.1. The van der Waals surface area contributed by atoms with Crippen molar-refractivity contribution in [3.63, 3.8) is 0 Å². The Hall–Kier alpha value is -0.900. The van der Waals surface area contributed by atoms with E-state index in [9.17, 15) is 9.59 Å². The number of nitrogens with two attached hydrogens (primary N) is 1. The minimum Gasteiger partial charge on any atom is -0.326 e. The Balaban J connectivity index is 1.87. The minimum atomic E-state index is -0.0936. The molecule has 4 nitrogen and oxygen atoms in total. The van der Waals surface area contributed by atoms with Crippen molar-refractivity contribution in [2.75, 3.05) is 0 Å². The predicted molar refractivity (Wildman–Crippen MR) is 49.0 cm³/mol. The van der Waals surface area contributed by atoms with Crippen LogP contribution in [0.3, 0.4) is 0 Å². The van der Waals surface area contributed by atoms with Gasteiger partial charge in [-0.1, -0.05) is 13.8 Å². The lowest BCUT2D eigenvalue weighted by molar-refractivity contribution is -0.143. The van der Waals surface area contributed by atoms with Crippen molar-refractivity contribution in [2.45, 2.75) is 32.4 Å². The summed E-state index contributed by atoms with van der Waals surface area (Å²) >= 11 is 0. The first-order valence-corrected chi connectivity index (χ1v) is 5.08. The molecule has 0 aromatic heterocycles. The number of hydrogen-bond acceptors (Lipinski definition) is 3. The van der Waals surface area contributed by atoms with E-state index in [4.69, 9.17) is 5.73 Å². The SMILES string of the molecule is CC1(C)C2C(=O)N(C3CC3N)C(=O)C21. The van der Waals surface area contributed by atoms with Crippen LogP contribution in [0.5, 0.6) is 0 Å². The molecule has 4 atom stereocenters. The van der Waals surface area contributed by atoms with E-state index in [2.05, 4.69) is 0 Å². The number of likely N-dealkylation sites (tertiary alicyclic amines) is 1. The lowest BCUT2D eigenvalue weighted by Crippen LogP contribution is -2.40. The molecule has 3 rings (SSSR count). The summed E-state index contributed by atoms with van der Waals surface area (Å²) in [4.78, 5) is 25.1. The molecular formula is C10H14N2O2. The second kappa shape index (κ2) is 2.03. The van der Waals surface area contributed by atoms with Crippen LogP contribution in [-0.2, 0) is 9.59 Å². The van der Waals surface area contributed by atoms with Gasteiger partial charge < -0.3 is 5.73 Å². The van der Waals surface area contributed by atoms with Gasteiger partial charge in [-0.15, -0.1) is 0 Å². The Morgan fingerprint density at radius 1 is 1.29 bits per heavy atom. The van der Waals surface area contributed by atoms with Crippen LogP contribution in [-0.4, -0.2) is 28.8 Å². The number of fused-ring (bicyclic) bond motifs is 1. The molecule has 0 aromatic rings. The molecule has 0 spiro atoms. The van der Waals surface area contributed by atoms with Gasteiger partial charge in [0.25, 0.3) is 0 Å². The van der Waals surface area contributed by atoms with Gasteiger partial charge in [-0.3, -0.25) is 14.5 Å². The quantitative estimate of drug-likeness (QED) is 0.584. The second-order valence-electron chi connectivity index (χ2n) is 5.29. The minimum absolute atomic E-state index is 0.0126. The summed E-state index contributed by atoms with van der Waals surface area (Å²) in [7, 11) is 0. The van der Waals surface area contributed by atoms with Crippen LogP contribution in [0.4, 0.5) is 0 Å². The fraction of sp³-hybridized carbons (Fsp3) is 0.800. The molecule has 3 fully saturated rings. The molecular weight excluding hydrogens is 180 g/mol. The molecule has 2 N–H and O–H groups in total. The Bertz CT molecular complexity index is 326. The molecule has 2 aliphatic carbocycles. The van der Waals surface area contributed by atoms with Crippen LogP contribution in [0.25, 0.3) is 0 Å². The normalized spacial score (nSPS) is 48.1. The van der Waals surface area contributed by atoms with Crippen molar-refractivity contribution in [3.05, 3.63) is 0 Å². The summed E-state index contributed by atoms with van der Waals surface area (Å²) in [6.45, 7) is 3.98. The van der Waals surface area contributed by atoms with E-state index in [-0.39, 0.29) is 41.1 Å². The highest BCUT2D eigenvalue weighted by atomic mass is 16.2. The summed E-state index contributed by atoms with van der Waals surface area (Å²) in [5.41, 5.74) is 5.56. The van der Waals surface area contributed by atoms with Crippen LogP contribution in [0, 0.1) is 17.3 Å². The van der Waals surface area contributed by atoms with Gasteiger partial charge in [-0.05, 0) is 11.8 Å². The summed E-state index contributed by atoms with van der Waals surface area (Å²) in [6, 6.07) is 0.0436. The van der Waals surface area contributed by atoms with Gasteiger partial charge in [0.15, 0.2) is 0 Å². The fourth-order valence-electron chi connectivity index (χ4n) is 2.79. The van der Waals surface area contributed by atoms with Crippen molar-refractivity contribution < 1.29 is 9.59 Å². The Morgan fingerprint density at radius 3 is 2.07 bits per heavy atom. The highest BCUT2D eigenvalue weighted by Gasteiger charge is 2.74. The average Bonchev–Trinajstić information content (AvgIpc) is 2.85. The van der Waals surface area contributed by atoms with E-state index in [1.165, 1.54) is 4.90 Å². The van der Waals surface area contributed by atoms with Gasteiger partial charge in [0.2, 0.25) is 11.8 Å². The smallest absolute Gasteiger partial charge is 0.233 e.